The second-order valence-corrected chi connectivity index (χ2v) is 7.43. The Kier molecular flexibility index (Phi) is 4.16. The van der Waals surface area contributed by atoms with E-state index in [0.29, 0.717) is 10.8 Å². The SMILES string of the molecule is CC(N)C1CCCN(c2ccccc2S(C)(=O)=O)C1. The number of rotatable bonds is 3. The number of anilines is 1. The highest BCUT2D eigenvalue weighted by molar-refractivity contribution is 7.90. The van der Waals surface area contributed by atoms with E-state index >= 15 is 0 Å². The van der Waals surface area contributed by atoms with Gasteiger partial charge in [-0.05, 0) is 37.8 Å². The van der Waals surface area contributed by atoms with Gasteiger partial charge in [0.1, 0.15) is 0 Å². The summed E-state index contributed by atoms with van der Waals surface area (Å²) < 4.78 is 23.7. The summed E-state index contributed by atoms with van der Waals surface area (Å²) in [5.41, 5.74) is 6.80. The highest BCUT2D eigenvalue weighted by Crippen LogP contribution is 2.29. The minimum absolute atomic E-state index is 0.146. The summed E-state index contributed by atoms with van der Waals surface area (Å²) in [7, 11) is -3.19. The minimum Gasteiger partial charge on any atom is -0.370 e. The van der Waals surface area contributed by atoms with Crippen LogP contribution >= 0.6 is 0 Å². The molecule has 1 aliphatic heterocycles. The van der Waals surface area contributed by atoms with Crippen LogP contribution in [0.5, 0.6) is 0 Å². The molecule has 4 nitrogen and oxygen atoms in total. The van der Waals surface area contributed by atoms with E-state index in [4.69, 9.17) is 5.73 Å². The smallest absolute Gasteiger partial charge is 0.177 e. The highest BCUT2D eigenvalue weighted by Gasteiger charge is 2.25. The lowest BCUT2D eigenvalue weighted by atomic mass is 9.92. The molecule has 1 saturated heterocycles. The summed E-state index contributed by atoms with van der Waals surface area (Å²) in [4.78, 5) is 2.58. The van der Waals surface area contributed by atoms with Gasteiger partial charge in [-0.1, -0.05) is 12.1 Å². The zero-order valence-electron chi connectivity index (χ0n) is 11.5. The van der Waals surface area contributed by atoms with Crippen molar-refractivity contribution in [3.8, 4) is 0 Å². The van der Waals surface area contributed by atoms with Crippen molar-refractivity contribution in [1.29, 1.82) is 0 Å². The summed E-state index contributed by atoms with van der Waals surface area (Å²) in [6.45, 7) is 3.76. The first kappa shape index (κ1) is 14.3. The van der Waals surface area contributed by atoms with E-state index in [1.165, 1.54) is 6.26 Å². The summed E-state index contributed by atoms with van der Waals surface area (Å²) in [5.74, 6) is 0.432. The number of nitrogens with two attached hydrogens (primary N) is 1. The number of piperidine rings is 1. The van der Waals surface area contributed by atoms with Crippen LogP contribution in [0, 0.1) is 5.92 Å². The Morgan fingerprint density at radius 1 is 1.37 bits per heavy atom. The molecule has 0 aromatic heterocycles. The van der Waals surface area contributed by atoms with Gasteiger partial charge in [-0.15, -0.1) is 0 Å². The van der Waals surface area contributed by atoms with Crippen molar-refractivity contribution >= 4 is 15.5 Å². The lowest BCUT2D eigenvalue weighted by Gasteiger charge is -2.36. The van der Waals surface area contributed by atoms with Crippen LogP contribution in [0.1, 0.15) is 19.8 Å². The predicted molar refractivity (Wildman–Crippen MR) is 78.1 cm³/mol. The highest BCUT2D eigenvalue weighted by atomic mass is 32.2. The molecule has 0 aliphatic carbocycles. The maximum absolute atomic E-state index is 11.9. The summed E-state index contributed by atoms with van der Waals surface area (Å²) in [6.07, 6.45) is 3.44. The molecule has 2 N–H and O–H groups in total. The molecule has 5 heteroatoms. The van der Waals surface area contributed by atoms with Gasteiger partial charge in [0.15, 0.2) is 9.84 Å². The monoisotopic (exact) mass is 282 g/mol. The Bertz CT molecular complexity index is 540. The van der Waals surface area contributed by atoms with Crippen LogP contribution in [0.4, 0.5) is 5.69 Å². The van der Waals surface area contributed by atoms with Crippen LogP contribution in [0.25, 0.3) is 0 Å². The molecule has 1 aromatic carbocycles. The molecule has 1 heterocycles. The van der Waals surface area contributed by atoms with Gasteiger partial charge in [0.05, 0.1) is 10.6 Å². The first-order valence-electron chi connectivity index (χ1n) is 6.69. The van der Waals surface area contributed by atoms with Crippen molar-refractivity contribution in [2.75, 3.05) is 24.2 Å². The van der Waals surface area contributed by atoms with E-state index in [2.05, 4.69) is 4.90 Å². The molecule has 2 rings (SSSR count). The lowest BCUT2D eigenvalue weighted by molar-refractivity contribution is 0.363. The first-order chi connectivity index (χ1) is 8.89. The zero-order valence-corrected chi connectivity index (χ0v) is 12.4. The Balaban J connectivity index is 2.32. The third kappa shape index (κ3) is 3.28. The molecule has 0 amide bonds. The normalized spacial score (nSPS) is 22.3. The van der Waals surface area contributed by atoms with Crippen molar-refractivity contribution in [3.05, 3.63) is 24.3 Å². The first-order valence-corrected chi connectivity index (χ1v) is 8.58. The van der Waals surface area contributed by atoms with E-state index in [1.54, 1.807) is 12.1 Å². The Labute approximate surface area is 115 Å². The van der Waals surface area contributed by atoms with Gasteiger partial charge in [0, 0.05) is 25.4 Å². The van der Waals surface area contributed by atoms with Gasteiger partial charge >= 0.3 is 0 Å². The number of hydrogen-bond donors (Lipinski definition) is 1. The fourth-order valence-electron chi connectivity index (χ4n) is 2.69. The zero-order chi connectivity index (χ0) is 14.0. The van der Waals surface area contributed by atoms with E-state index in [0.717, 1.165) is 31.6 Å². The van der Waals surface area contributed by atoms with Crippen LogP contribution in [0.2, 0.25) is 0 Å². The number of benzene rings is 1. The van der Waals surface area contributed by atoms with E-state index in [-0.39, 0.29) is 6.04 Å². The van der Waals surface area contributed by atoms with Gasteiger partial charge < -0.3 is 10.6 Å². The van der Waals surface area contributed by atoms with Gasteiger partial charge in [0.2, 0.25) is 0 Å². The molecule has 1 aromatic rings. The van der Waals surface area contributed by atoms with E-state index in [1.807, 2.05) is 19.1 Å². The molecule has 1 fully saturated rings. The third-order valence-corrected chi connectivity index (χ3v) is 4.95. The molecule has 0 saturated carbocycles. The number of sulfone groups is 1. The molecule has 19 heavy (non-hydrogen) atoms. The molecule has 0 radical (unpaired) electrons. The van der Waals surface area contributed by atoms with Crippen LogP contribution in [-0.4, -0.2) is 33.8 Å². The van der Waals surface area contributed by atoms with Crippen LogP contribution in [-0.2, 0) is 9.84 Å². The standard InChI is InChI=1S/C14H22N2O2S/c1-11(15)12-6-5-9-16(10-12)13-7-3-4-8-14(13)19(2,17)18/h3-4,7-8,11-12H,5-6,9-10,15H2,1-2H3. The summed E-state index contributed by atoms with van der Waals surface area (Å²) >= 11 is 0. The lowest BCUT2D eigenvalue weighted by Crippen LogP contribution is -2.42. The van der Waals surface area contributed by atoms with E-state index < -0.39 is 9.84 Å². The van der Waals surface area contributed by atoms with Crippen LogP contribution in [0.15, 0.2) is 29.2 Å². The maximum Gasteiger partial charge on any atom is 0.177 e. The second-order valence-electron chi connectivity index (χ2n) is 5.45. The summed E-state index contributed by atoms with van der Waals surface area (Å²) in [6, 6.07) is 7.38. The van der Waals surface area contributed by atoms with Gasteiger partial charge in [-0.25, -0.2) is 8.42 Å². The van der Waals surface area contributed by atoms with Gasteiger partial charge in [0.25, 0.3) is 0 Å². The van der Waals surface area contributed by atoms with Crippen molar-refractivity contribution in [1.82, 2.24) is 0 Å². The average molecular weight is 282 g/mol. The second kappa shape index (κ2) is 5.51. The fourth-order valence-corrected chi connectivity index (χ4v) is 3.59. The largest absolute Gasteiger partial charge is 0.370 e. The van der Waals surface area contributed by atoms with Crippen molar-refractivity contribution in [2.45, 2.75) is 30.7 Å². The molecular weight excluding hydrogens is 260 g/mol. The number of hydrogen-bond acceptors (Lipinski definition) is 4. The van der Waals surface area contributed by atoms with E-state index in [9.17, 15) is 8.42 Å². The fraction of sp³-hybridized carbons (Fsp3) is 0.571. The minimum atomic E-state index is -3.19. The molecule has 0 bridgehead atoms. The van der Waals surface area contributed by atoms with Gasteiger partial charge in [-0.2, -0.15) is 0 Å². The third-order valence-electron chi connectivity index (χ3n) is 3.81. The molecule has 1 aliphatic rings. The predicted octanol–water partition coefficient (Wildman–Crippen LogP) is 1.65. The number of nitrogens with zero attached hydrogens (tertiary/aromatic N) is 1. The Morgan fingerprint density at radius 3 is 2.68 bits per heavy atom. The van der Waals surface area contributed by atoms with Crippen molar-refractivity contribution < 1.29 is 8.42 Å². The van der Waals surface area contributed by atoms with Crippen molar-refractivity contribution in [2.24, 2.45) is 11.7 Å². The molecule has 2 atom stereocenters. The Hall–Kier alpha value is -1.07. The molecule has 2 unspecified atom stereocenters. The topological polar surface area (TPSA) is 63.4 Å². The molecule has 106 valence electrons. The average Bonchev–Trinajstić information content (AvgIpc) is 2.38. The molecular formula is C14H22N2O2S. The number of para-hydroxylation sites is 1. The van der Waals surface area contributed by atoms with Gasteiger partial charge in [-0.3, -0.25) is 0 Å². The van der Waals surface area contributed by atoms with Crippen molar-refractivity contribution in [3.63, 3.8) is 0 Å². The maximum atomic E-state index is 11.9. The van der Waals surface area contributed by atoms with Crippen LogP contribution < -0.4 is 10.6 Å². The Morgan fingerprint density at radius 2 is 2.05 bits per heavy atom. The molecule has 0 spiro atoms. The quantitative estimate of drug-likeness (QED) is 0.915. The summed E-state index contributed by atoms with van der Waals surface area (Å²) in [5, 5.41) is 0. The van der Waals surface area contributed by atoms with Crippen LogP contribution in [0.3, 0.4) is 0 Å².